The summed E-state index contributed by atoms with van der Waals surface area (Å²) in [6.07, 6.45) is 9.89. The number of carbonyl (C=O) groups excluding carboxylic acids is 2. The van der Waals surface area contributed by atoms with E-state index in [-0.39, 0.29) is 11.8 Å². The van der Waals surface area contributed by atoms with Gasteiger partial charge in [-0.2, -0.15) is 0 Å². The van der Waals surface area contributed by atoms with Crippen LogP contribution in [0, 0.1) is 25.7 Å². The second-order valence-electron chi connectivity index (χ2n) is 13.0. The molecule has 252 valence electrons. The summed E-state index contributed by atoms with van der Waals surface area (Å²) in [7, 11) is 0. The van der Waals surface area contributed by atoms with Gasteiger partial charge in [0.05, 0.1) is 16.0 Å². The molecule has 9 heteroatoms. The fourth-order valence-corrected chi connectivity index (χ4v) is 11.1. The summed E-state index contributed by atoms with van der Waals surface area (Å²) < 4.78 is 5.89. The van der Waals surface area contributed by atoms with Gasteiger partial charge in [0.2, 0.25) is 0 Å². The van der Waals surface area contributed by atoms with Crippen molar-refractivity contribution in [3.63, 3.8) is 0 Å². The number of carbonyl (C=O) groups is 2. The monoisotopic (exact) mass is 733 g/mol. The van der Waals surface area contributed by atoms with Gasteiger partial charge in [0.15, 0.2) is 0 Å². The summed E-state index contributed by atoms with van der Waals surface area (Å²) in [6.45, 7) is 12.6. The third-order valence-corrected chi connectivity index (χ3v) is 14.5. The zero-order chi connectivity index (χ0) is 33.8. The van der Waals surface area contributed by atoms with Crippen molar-refractivity contribution in [2.24, 2.45) is 11.8 Å². The number of hydrogen-bond donors (Lipinski definition) is 0. The van der Waals surface area contributed by atoms with E-state index in [1.165, 1.54) is 58.3 Å². The highest BCUT2D eigenvalue weighted by atomic mass is 32.1. The molecule has 0 radical (unpaired) electrons. The number of amides is 2. The van der Waals surface area contributed by atoms with E-state index >= 15 is 0 Å². The molecular formula is C39H43NO3S5. The third-order valence-electron chi connectivity index (χ3n) is 8.63. The minimum atomic E-state index is -0.169. The molecule has 6 rings (SSSR count). The van der Waals surface area contributed by atoms with E-state index in [0.29, 0.717) is 36.6 Å². The minimum Gasteiger partial charge on any atom is -0.381 e. The van der Waals surface area contributed by atoms with E-state index in [2.05, 4.69) is 88.4 Å². The molecule has 1 aliphatic heterocycles. The minimum absolute atomic E-state index is 0.163. The fourth-order valence-electron chi connectivity index (χ4n) is 5.95. The SMILES string of the molecule is Cc1ccc(-c2ccc(/C=C/c3ccc(-c4ccc(-c5sc(C)c6c5C(=O)N(CCCOCCC(C)CCCC(C)C)C6=O)s4)s3)s2)s1. The molecule has 6 heterocycles. The molecule has 0 N–H and O–H groups in total. The molecule has 0 saturated carbocycles. The number of imide groups is 1. The van der Waals surface area contributed by atoms with Crippen molar-refractivity contribution in [1.82, 2.24) is 4.90 Å². The van der Waals surface area contributed by atoms with Gasteiger partial charge in [0, 0.05) is 63.7 Å². The Kier molecular flexibility index (Phi) is 11.7. The van der Waals surface area contributed by atoms with Crippen LogP contribution in [0.25, 0.3) is 41.4 Å². The van der Waals surface area contributed by atoms with E-state index in [9.17, 15) is 9.59 Å². The van der Waals surface area contributed by atoms with Gasteiger partial charge in [-0.15, -0.1) is 56.7 Å². The Morgan fingerprint density at radius 3 is 1.92 bits per heavy atom. The molecule has 2 amide bonds. The van der Waals surface area contributed by atoms with Crippen molar-refractivity contribution in [1.29, 1.82) is 0 Å². The highest BCUT2D eigenvalue weighted by molar-refractivity contribution is 7.27. The molecule has 0 aliphatic carbocycles. The second kappa shape index (κ2) is 15.9. The van der Waals surface area contributed by atoms with Crippen LogP contribution in [-0.2, 0) is 4.74 Å². The molecule has 0 fully saturated rings. The molecule has 1 atom stereocenters. The number of ether oxygens (including phenoxy) is 1. The Labute approximate surface area is 304 Å². The Morgan fingerprint density at radius 1 is 0.646 bits per heavy atom. The number of aryl methyl sites for hydroxylation is 2. The first kappa shape index (κ1) is 35.2. The molecule has 1 aliphatic rings. The van der Waals surface area contributed by atoms with E-state index < -0.39 is 0 Å². The van der Waals surface area contributed by atoms with Crippen LogP contribution in [0.15, 0.2) is 48.5 Å². The van der Waals surface area contributed by atoms with Crippen molar-refractivity contribution in [3.05, 3.63) is 79.2 Å². The van der Waals surface area contributed by atoms with Crippen LogP contribution in [0.2, 0.25) is 0 Å². The summed E-state index contributed by atoms with van der Waals surface area (Å²) >= 11 is 8.66. The highest BCUT2D eigenvalue weighted by Crippen LogP contribution is 2.46. The molecule has 4 nitrogen and oxygen atoms in total. The summed E-state index contributed by atoms with van der Waals surface area (Å²) in [5.74, 6) is 1.09. The molecule has 5 aromatic heterocycles. The summed E-state index contributed by atoms with van der Waals surface area (Å²) in [5.41, 5.74) is 1.16. The predicted molar refractivity (Wildman–Crippen MR) is 210 cm³/mol. The van der Waals surface area contributed by atoms with Gasteiger partial charge < -0.3 is 4.74 Å². The zero-order valence-corrected chi connectivity index (χ0v) is 32.4. The molecule has 1 unspecified atom stereocenters. The molecule has 0 saturated heterocycles. The normalized spacial score (nSPS) is 13.9. The van der Waals surface area contributed by atoms with Gasteiger partial charge in [-0.05, 0) is 99.2 Å². The van der Waals surface area contributed by atoms with Crippen LogP contribution >= 0.6 is 56.7 Å². The van der Waals surface area contributed by atoms with Crippen LogP contribution in [-0.4, -0.2) is 36.5 Å². The van der Waals surface area contributed by atoms with Gasteiger partial charge in [-0.1, -0.05) is 40.0 Å². The summed E-state index contributed by atoms with van der Waals surface area (Å²) in [6, 6.07) is 17.3. The van der Waals surface area contributed by atoms with Crippen LogP contribution in [0.5, 0.6) is 0 Å². The molecular weight excluding hydrogens is 691 g/mol. The van der Waals surface area contributed by atoms with E-state index in [4.69, 9.17) is 4.74 Å². The summed E-state index contributed by atoms with van der Waals surface area (Å²) in [4.78, 5) is 40.0. The van der Waals surface area contributed by atoms with Gasteiger partial charge in [0.1, 0.15) is 0 Å². The van der Waals surface area contributed by atoms with E-state index in [1.54, 1.807) is 34.0 Å². The number of rotatable bonds is 16. The van der Waals surface area contributed by atoms with Crippen molar-refractivity contribution in [3.8, 4) is 29.3 Å². The topological polar surface area (TPSA) is 46.6 Å². The molecule has 0 aromatic carbocycles. The largest absolute Gasteiger partial charge is 0.381 e. The smallest absolute Gasteiger partial charge is 0.263 e. The third kappa shape index (κ3) is 8.20. The molecule has 5 aromatic rings. The Hall–Kier alpha value is -2.66. The standard InChI is InChI=1S/C39H43NO3S5/c1-24(2)8-6-9-25(3)20-23-43-22-7-21-40-38(41)35-27(5)45-37(36(35)39(40)42)34-19-18-33(48-34)32-17-14-29(47-32)12-11-28-13-16-31(46-28)30-15-10-26(4)44-30/h10-19,24-25H,6-9,20-23H2,1-5H3/b12-11+. The molecule has 48 heavy (non-hydrogen) atoms. The van der Waals surface area contributed by atoms with Crippen LogP contribution in [0.3, 0.4) is 0 Å². The maximum Gasteiger partial charge on any atom is 0.263 e. The lowest BCUT2D eigenvalue weighted by atomic mass is 9.98. The number of thiophene rings is 5. The quantitative estimate of drug-likeness (QED) is 0.0749. The Morgan fingerprint density at radius 2 is 1.25 bits per heavy atom. The van der Waals surface area contributed by atoms with E-state index in [0.717, 1.165) is 33.6 Å². The fraction of sp³-hybridized carbons (Fsp3) is 0.385. The van der Waals surface area contributed by atoms with Gasteiger partial charge >= 0.3 is 0 Å². The average Bonchev–Trinajstić information content (AvgIpc) is 3.89. The van der Waals surface area contributed by atoms with Crippen LogP contribution in [0.1, 0.15) is 93.1 Å². The predicted octanol–water partition coefficient (Wildman–Crippen LogP) is 12.6. The van der Waals surface area contributed by atoms with Crippen LogP contribution < -0.4 is 0 Å². The molecule has 0 spiro atoms. The lowest BCUT2D eigenvalue weighted by Gasteiger charge is -2.15. The highest BCUT2D eigenvalue weighted by Gasteiger charge is 2.40. The number of nitrogens with zero attached hydrogens (tertiary/aromatic N) is 1. The Bertz CT molecular complexity index is 1900. The van der Waals surface area contributed by atoms with Crippen LogP contribution in [0.4, 0.5) is 0 Å². The zero-order valence-electron chi connectivity index (χ0n) is 28.3. The van der Waals surface area contributed by atoms with Gasteiger partial charge in [-0.3, -0.25) is 14.5 Å². The first-order valence-electron chi connectivity index (χ1n) is 16.8. The summed E-state index contributed by atoms with van der Waals surface area (Å²) in [5, 5.41) is 0. The second-order valence-corrected chi connectivity index (χ2v) is 18.8. The number of hydrogen-bond acceptors (Lipinski definition) is 8. The lowest BCUT2D eigenvalue weighted by molar-refractivity contribution is 0.0622. The van der Waals surface area contributed by atoms with Crippen molar-refractivity contribution in [2.45, 2.75) is 66.7 Å². The average molecular weight is 734 g/mol. The maximum atomic E-state index is 13.6. The first-order chi connectivity index (χ1) is 23.2. The van der Waals surface area contributed by atoms with Crippen molar-refractivity contribution in [2.75, 3.05) is 19.8 Å². The lowest BCUT2D eigenvalue weighted by Crippen LogP contribution is -2.31. The van der Waals surface area contributed by atoms with E-state index in [1.807, 2.05) is 29.6 Å². The molecule has 0 bridgehead atoms. The van der Waals surface area contributed by atoms with Gasteiger partial charge in [0.25, 0.3) is 11.8 Å². The van der Waals surface area contributed by atoms with Crippen molar-refractivity contribution < 1.29 is 14.3 Å². The number of fused-ring (bicyclic) bond motifs is 1. The van der Waals surface area contributed by atoms with Crippen molar-refractivity contribution >= 4 is 80.7 Å². The maximum absolute atomic E-state index is 13.6. The first-order valence-corrected chi connectivity index (χ1v) is 20.9. The Balaban J connectivity index is 1.04. The van der Waals surface area contributed by atoms with Gasteiger partial charge in [-0.25, -0.2) is 0 Å².